The van der Waals surface area contributed by atoms with Crippen LogP contribution in [0.2, 0.25) is 5.02 Å². The van der Waals surface area contributed by atoms with Crippen molar-refractivity contribution in [3.63, 3.8) is 0 Å². The number of hydrogen-bond acceptors (Lipinski definition) is 5. The topological polar surface area (TPSA) is 79.8 Å². The standard InChI is InChI=1S/C21H19ClN4O3S/c1-23-11-8-12(9-11)25(2)16-7-5-14-19(29)13-4-6-15(22)20(30-3)18(13)26(10-17(27)28)21(14)24-16/h4-7,11-12H,8-10H2,2-3H3,(H,27,28). The summed E-state index contributed by atoms with van der Waals surface area (Å²) in [5.74, 6) is -0.394. The van der Waals surface area contributed by atoms with Gasteiger partial charge in [0, 0.05) is 31.3 Å². The number of aromatic nitrogens is 2. The predicted molar refractivity (Wildman–Crippen MR) is 120 cm³/mol. The maximum absolute atomic E-state index is 13.2. The van der Waals surface area contributed by atoms with Crippen molar-refractivity contribution in [2.24, 2.45) is 0 Å². The van der Waals surface area contributed by atoms with E-state index in [2.05, 4.69) is 4.85 Å². The van der Waals surface area contributed by atoms with E-state index in [0.717, 1.165) is 12.8 Å². The van der Waals surface area contributed by atoms with Gasteiger partial charge in [-0.05, 0) is 30.5 Å². The molecule has 154 valence electrons. The molecule has 1 saturated carbocycles. The first-order valence-electron chi connectivity index (χ1n) is 9.36. The molecule has 7 nitrogen and oxygen atoms in total. The molecule has 4 rings (SSSR count). The van der Waals surface area contributed by atoms with Gasteiger partial charge in [-0.2, -0.15) is 0 Å². The summed E-state index contributed by atoms with van der Waals surface area (Å²) in [5, 5.41) is 10.8. The Morgan fingerprint density at radius 1 is 1.37 bits per heavy atom. The molecule has 0 aliphatic heterocycles. The van der Waals surface area contributed by atoms with Crippen LogP contribution in [0.1, 0.15) is 12.8 Å². The Bertz CT molecular complexity index is 1280. The summed E-state index contributed by atoms with van der Waals surface area (Å²) in [6, 6.07) is 7.01. The number of hydrogen-bond donors (Lipinski definition) is 1. The Morgan fingerprint density at radius 3 is 2.70 bits per heavy atom. The van der Waals surface area contributed by atoms with Crippen LogP contribution in [0.3, 0.4) is 0 Å². The van der Waals surface area contributed by atoms with Crippen LogP contribution in [-0.2, 0) is 11.3 Å². The molecule has 1 fully saturated rings. The smallest absolute Gasteiger partial charge is 0.323 e. The number of nitrogens with zero attached hydrogens (tertiary/aromatic N) is 4. The molecule has 1 aliphatic rings. The van der Waals surface area contributed by atoms with Gasteiger partial charge in [0.2, 0.25) is 6.04 Å². The maximum atomic E-state index is 13.2. The molecule has 3 aromatic rings. The SMILES string of the molecule is [C-]#[N+]C1CC(N(C)c2ccc3c(=O)c4ccc(Cl)c(SC)c4n(CC(=O)O)c3n2)C1. The summed E-state index contributed by atoms with van der Waals surface area (Å²) >= 11 is 7.72. The second-order valence-electron chi connectivity index (χ2n) is 7.35. The molecule has 0 amide bonds. The first-order chi connectivity index (χ1) is 14.3. The Balaban J connectivity index is 1.98. The lowest BCUT2D eigenvalue weighted by atomic mass is 9.86. The van der Waals surface area contributed by atoms with E-state index in [1.54, 1.807) is 28.8 Å². The van der Waals surface area contributed by atoms with Crippen molar-refractivity contribution in [3.8, 4) is 0 Å². The molecule has 0 atom stereocenters. The molecule has 9 heteroatoms. The second kappa shape index (κ2) is 7.82. The van der Waals surface area contributed by atoms with Crippen molar-refractivity contribution >= 4 is 57.1 Å². The van der Waals surface area contributed by atoms with Crippen LogP contribution in [0.4, 0.5) is 5.82 Å². The van der Waals surface area contributed by atoms with Gasteiger partial charge in [-0.15, -0.1) is 11.8 Å². The minimum atomic E-state index is -1.03. The lowest BCUT2D eigenvalue weighted by Crippen LogP contribution is -2.44. The number of carbonyl (C=O) groups is 1. The molecule has 1 aromatic carbocycles. The lowest BCUT2D eigenvalue weighted by Gasteiger charge is -2.36. The fourth-order valence-electron chi connectivity index (χ4n) is 3.92. The van der Waals surface area contributed by atoms with E-state index in [-0.39, 0.29) is 24.1 Å². The van der Waals surface area contributed by atoms with Crippen LogP contribution in [0, 0.1) is 6.57 Å². The molecule has 1 N–H and O–H groups in total. The van der Waals surface area contributed by atoms with E-state index >= 15 is 0 Å². The zero-order chi connectivity index (χ0) is 21.6. The Labute approximate surface area is 182 Å². The molecule has 2 aromatic heterocycles. The first-order valence-corrected chi connectivity index (χ1v) is 11.0. The number of pyridine rings is 2. The van der Waals surface area contributed by atoms with E-state index in [9.17, 15) is 14.7 Å². The second-order valence-corrected chi connectivity index (χ2v) is 8.57. The molecule has 2 heterocycles. The highest BCUT2D eigenvalue weighted by atomic mass is 35.5. The van der Waals surface area contributed by atoms with Gasteiger partial charge in [-0.25, -0.2) is 11.6 Å². The number of thioether (sulfide) groups is 1. The molecule has 30 heavy (non-hydrogen) atoms. The number of rotatable bonds is 5. The fourth-order valence-corrected chi connectivity index (χ4v) is 4.98. The van der Waals surface area contributed by atoms with E-state index in [0.29, 0.717) is 37.7 Å². The maximum Gasteiger partial charge on any atom is 0.323 e. The third-order valence-electron chi connectivity index (χ3n) is 5.64. The van der Waals surface area contributed by atoms with Crippen molar-refractivity contribution in [2.75, 3.05) is 18.2 Å². The number of benzene rings is 1. The van der Waals surface area contributed by atoms with E-state index in [1.807, 2.05) is 18.2 Å². The van der Waals surface area contributed by atoms with Gasteiger partial charge in [0.1, 0.15) is 18.0 Å². The zero-order valence-corrected chi connectivity index (χ0v) is 18.0. The monoisotopic (exact) mass is 442 g/mol. The van der Waals surface area contributed by atoms with Crippen LogP contribution >= 0.6 is 23.4 Å². The number of carboxylic acid groups (broad SMARTS) is 1. The minimum Gasteiger partial charge on any atom is -0.480 e. The van der Waals surface area contributed by atoms with Crippen molar-refractivity contribution in [1.29, 1.82) is 0 Å². The van der Waals surface area contributed by atoms with Gasteiger partial charge in [0.15, 0.2) is 5.43 Å². The summed E-state index contributed by atoms with van der Waals surface area (Å²) in [6.07, 6.45) is 3.37. The van der Waals surface area contributed by atoms with E-state index < -0.39 is 5.97 Å². The highest BCUT2D eigenvalue weighted by Gasteiger charge is 2.37. The quantitative estimate of drug-likeness (QED) is 0.367. The highest BCUT2D eigenvalue weighted by molar-refractivity contribution is 7.99. The molecular formula is C21H19ClN4O3S. The average molecular weight is 443 g/mol. The van der Waals surface area contributed by atoms with Crippen molar-refractivity contribution in [2.45, 2.75) is 36.4 Å². The van der Waals surface area contributed by atoms with Crippen LogP contribution < -0.4 is 10.3 Å². The van der Waals surface area contributed by atoms with Gasteiger partial charge >= 0.3 is 5.97 Å². The largest absolute Gasteiger partial charge is 0.480 e. The normalized spacial score (nSPS) is 18.2. The van der Waals surface area contributed by atoms with E-state index in [1.165, 1.54) is 11.8 Å². The van der Waals surface area contributed by atoms with Gasteiger partial charge in [-0.1, -0.05) is 11.6 Å². The minimum absolute atomic E-state index is 0.0401. The molecular weight excluding hydrogens is 424 g/mol. The Kier molecular flexibility index (Phi) is 5.35. The first kappa shape index (κ1) is 20.5. The fraction of sp³-hybridized carbons (Fsp3) is 0.333. The summed E-state index contributed by atoms with van der Waals surface area (Å²) in [5.41, 5.74) is 0.601. The molecule has 0 bridgehead atoms. The Hall–Kier alpha value is -2.76. The number of aliphatic carboxylic acids is 1. The van der Waals surface area contributed by atoms with E-state index in [4.69, 9.17) is 23.2 Å². The van der Waals surface area contributed by atoms with Crippen LogP contribution in [0.25, 0.3) is 26.8 Å². The zero-order valence-electron chi connectivity index (χ0n) is 16.4. The van der Waals surface area contributed by atoms with Crippen molar-refractivity contribution < 1.29 is 9.90 Å². The number of carboxylic acids is 1. The van der Waals surface area contributed by atoms with Crippen LogP contribution in [0.15, 0.2) is 34.0 Å². The van der Waals surface area contributed by atoms with Crippen molar-refractivity contribution in [3.05, 3.63) is 50.9 Å². The summed E-state index contributed by atoms with van der Waals surface area (Å²) in [4.78, 5) is 35.7. The number of anilines is 1. The van der Waals surface area contributed by atoms with Crippen molar-refractivity contribution in [1.82, 2.24) is 9.55 Å². The van der Waals surface area contributed by atoms with Gasteiger partial charge < -0.3 is 19.4 Å². The van der Waals surface area contributed by atoms with Gasteiger partial charge in [0.05, 0.1) is 20.8 Å². The summed E-state index contributed by atoms with van der Waals surface area (Å²) < 4.78 is 1.56. The highest BCUT2D eigenvalue weighted by Crippen LogP contribution is 2.35. The molecule has 1 aliphatic carbocycles. The van der Waals surface area contributed by atoms with Gasteiger partial charge in [-0.3, -0.25) is 9.59 Å². The predicted octanol–water partition coefficient (Wildman–Crippen LogP) is 3.90. The lowest BCUT2D eigenvalue weighted by molar-refractivity contribution is -0.137. The Morgan fingerprint density at radius 2 is 2.07 bits per heavy atom. The summed E-state index contributed by atoms with van der Waals surface area (Å²) in [7, 11) is 1.91. The van der Waals surface area contributed by atoms with Crippen LogP contribution in [0.5, 0.6) is 0 Å². The molecule has 0 spiro atoms. The third-order valence-corrected chi connectivity index (χ3v) is 6.88. The third kappa shape index (κ3) is 3.28. The average Bonchev–Trinajstić information content (AvgIpc) is 2.69. The number of fused-ring (bicyclic) bond motifs is 2. The number of halogens is 1. The summed E-state index contributed by atoms with van der Waals surface area (Å²) in [6.45, 7) is 6.79. The van der Waals surface area contributed by atoms with Crippen LogP contribution in [-0.4, -0.2) is 46.0 Å². The molecule has 0 saturated heterocycles. The molecule has 0 unspecified atom stereocenters. The molecule has 0 radical (unpaired) electrons. The van der Waals surface area contributed by atoms with Gasteiger partial charge in [0.25, 0.3) is 0 Å².